The van der Waals surface area contributed by atoms with E-state index in [4.69, 9.17) is 14.2 Å². The number of carbonyl (C=O) groups is 3. The molecule has 0 saturated heterocycles. The summed E-state index contributed by atoms with van der Waals surface area (Å²) in [5, 5.41) is 2.18. The van der Waals surface area contributed by atoms with Crippen LogP contribution in [0.2, 0.25) is 0 Å². The molecule has 2 rings (SSSR count). The lowest BCUT2D eigenvalue weighted by Gasteiger charge is -2.17. The molecule has 0 spiro atoms. The second-order valence-electron chi connectivity index (χ2n) is 5.29. The highest BCUT2D eigenvalue weighted by Gasteiger charge is 2.26. The zero-order chi connectivity index (χ0) is 18.8. The van der Waals surface area contributed by atoms with Crippen LogP contribution < -0.4 is 5.32 Å². The Morgan fingerprint density at radius 1 is 0.846 bits per heavy atom. The van der Waals surface area contributed by atoms with Crippen molar-refractivity contribution in [3.8, 4) is 0 Å². The Kier molecular flexibility index (Phi) is 7.17. The third-order valence-electron chi connectivity index (χ3n) is 3.18. The summed E-state index contributed by atoms with van der Waals surface area (Å²) in [5.41, 5.74) is 1.53. The minimum atomic E-state index is -1.58. The molecule has 1 atom stereocenters. The molecule has 0 aromatic heterocycles. The van der Waals surface area contributed by atoms with Crippen molar-refractivity contribution in [1.29, 1.82) is 0 Å². The molecule has 0 heterocycles. The average Bonchev–Trinajstić information content (AvgIpc) is 2.65. The van der Waals surface area contributed by atoms with Gasteiger partial charge in [-0.15, -0.1) is 0 Å². The minimum Gasteiger partial charge on any atom is -0.457 e. The largest absolute Gasteiger partial charge is 0.457 e. The van der Waals surface area contributed by atoms with Crippen LogP contribution in [0.15, 0.2) is 60.7 Å². The van der Waals surface area contributed by atoms with E-state index in [2.05, 4.69) is 5.32 Å². The normalized spacial score (nSPS) is 11.1. The van der Waals surface area contributed by atoms with Crippen molar-refractivity contribution in [1.82, 2.24) is 5.32 Å². The van der Waals surface area contributed by atoms with E-state index in [0.29, 0.717) is 0 Å². The Bertz CT molecular complexity index is 732. The number of alkyl carbamates (subject to hydrolysis) is 1. The molecule has 136 valence electrons. The summed E-state index contributed by atoms with van der Waals surface area (Å²) in [6.45, 7) is 1.12. The smallest absolute Gasteiger partial charge is 0.410 e. The van der Waals surface area contributed by atoms with Crippen LogP contribution in [0.25, 0.3) is 0 Å². The van der Waals surface area contributed by atoms with E-state index in [1.165, 1.54) is 0 Å². The molecule has 0 bridgehead atoms. The average molecular weight is 357 g/mol. The van der Waals surface area contributed by atoms with Crippen LogP contribution in [-0.4, -0.2) is 24.3 Å². The zero-order valence-electron chi connectivity index (χ0n) is 14.2. The van der Waals surface area contributed by atoms with Gasteiger partial charge in [-0.3, -0.25) is 10.1 Å². The van der Waals surface area contributed by atoms with Crippen LogP contribution in [0, 0.1) is 0 Å². The lowest BCUT2D eigenvalue weighted by Crippen LogP contribution is -2.44. The maximum absolute atomic E-state index is 12.1. The van der Waals surface area contributed by atoms with Gasteiger partial charge in [-0.2, -0.15) is 0 Å². The molecule has 2 aromatic carbocycles. The number of ether oxygens (including phenoxy) is 3. The summed E-state index contributed by atoms with van der Waals surface area (Å²) < 4.78 is 14.9. The second-order valence-corrected chi connectivity index (χ2v) is 5.29. The van der Waals surface area contributed by atoms with Crippen LogP contribution in [0.3, 0.4) is 0 Å². The summed E-state index contributed by atoms with van der Waals surface area (Å²) >= 11 is 0. The molecule has 0 fully saturated rings. The van der Waals surface area contributed by atoms with Gasteiger partial charge in [0.15, 0.2) is 0 Å². The van der Waals surface area contributed by atoms with E-state index in [1.54, 1.807) is 48.5 Å². The fraction of sp³-hybridized carbons (Fsp3) is 0.211. The number of rotatable bonds is 7. The summed E-state index contributed by atoms with van der Waals surface area (Å²) in [7, 11) is 0. The quantitative estimate of drug-likeness (QED) is 0.465. The number of hydrogen-bond acceptors (Lipinski definition) is 6. The van der Waals surface area contributed by atoms with Gasteiger partial charge >= 0.3 is 18.0 Å². The zero-order valence-corrected chi connectivity index (χ0v) is 14.2. The van der Waals surface area contributed by atoms with Crippen molar-refractivity contribution >= 4 is 18.0 Å². The van der Waals surface area contributed by atoms with E-state index >= 15 is 0 Å². The van der Waals surface area contributed by atoms with Gasteiger partial charge in [0.25, 0.3) is 6.23 Å². The van der Waals surface area contributed by atoms with Crippen molar-refractivity contribution in [3.63, 3.8) is 0 Å². The van der Waals surface area contributed by atoms with Gasteiger partial charge in [0.1, 0.15) is 13.2 Å². The first-order valence-electron chi connectivity index (χ1n) is 7.89. The van der Waals surface area contributed by atoms with Crippen molar-refractivity contribution in [2.45, 2.75) is 26.4 Å². The molecule has 0 aliphatic heterocycles. The Morgan fingerprint density at radius 2 is 1.35 bits per heavy atom. The highest BCUT2D eigenvalue weighted by Crippen LogP contribution is 2.04. The van der Waals surface area contributed by atoms with Gasteiger partial charge in [-0.25, -0.2) is 9.59 Å². The SMILES string of the molecule is CC(=O)OC(NC(=O)OCc1ccccc1)C(=O)OCc1ccccc1. The molecular weight excluding hydrogens is 338 g/mol. The van der Waals surface area contributed by atoms with E-state index < -0.39 is 24.3 Å². The van der Waals surface area contributed by atoms with Crippen molar-refractivity contribution < 1.29 is 28.6 Å². The second kappa shape index (κ2) is 9.83. The summed E-state index contributed by atoms with van der Waals surface area (Å²) in [4.78, 5) is 35.1. The number of benzene rings is 2. The molecule has 0 aliphatic carbocycles. The summed E-state index contributed by atoms with van der Waals surface area (Å²) in [6.07, 6.45) is -2.49. The predicted octanol–water partition coefficient (Wildman–Crippen LogP) is 2.55. The first kappa shape index (κ1) is 19.0. The van der Waals surface area contributed by atoms with Gasteiger partial charge in [0, 0.05) is 6.92 Å². The first-order chi connectivity index (χ1) is 12.5. The molecular formula is C19H19NO6. The lowest BCUT2D eigenvalue weighted by atomic mass is 10.2. The number of nitrogens with one attached hydrogen (secondary N) is 1. The maximum Gasteiger partial charge on any atom is 0.410 e. The topological polar surface area (TPSA) is 90.9 Å². The summed E-state index contributed by atoms with van der Waals surface area (Å²) in [6, 6.07) is 18.0. The molecule has 2 aromatic rings. The Labute approximate surface area is 150 Å². The Balaban J connectivity index is 1.87. The van der Waals surface area contributed by atoms with Crippen LogP contribution in [-0.2, 0) is 37.0 Å². The lowest BCUT2D eigenvalue weighted by molar-refractivity contribution is -0.169. The van der Waals surface area contributed by atoms with E-state index in [0.717, 1.165) is 18.1 Å². The monoisotopic (exact) mass is 357 g/mol. The van der Waals surface area contributed by atoms with E-state index in [-0.39, 0.29) is 13.2 Å². The Hall–Kier alpha value is -3.35. The first-order valence-corrected chi connectivity index (χ1v) is 7.89. The molecule has 0 radical (unpaired) electrons. The number of hydrogen-bond donors (Lipinski definition) is 1. The fourth-order valence-corrected chi connectivity index (χ4v) is 1.98. The fourth-order valence-electron chi connectivity index (χ4n) is 1.98. The molecule has 7 heteroatoms. The van der Waals surface area contributed by atoms with E-state index in [9.17, 15) is 14.4 Å². The van der Waals surface area contributed by atoms with Crippen molar-refractivity contribution in [2.75, 3.05) is 0 Å². The highest BCUT2D eigenvalue weighted by molar-refractivity contribution is 5.82. The predicted molar refractivity (Wildman–Crippen MR) is 91.6 cm³/mol. The van der Waals surface area contributed by atoms with Crippen LogP contribution >= 0.6 is 0 Å². The van der Waals surface area contributed by atoms with Gasteiger partial charge in [-0.1, -0.05) is 60.7 Å². The molecule has 26 heavy (non-hydrogen) atoms. The maximum atomic E-state index is 12.1. The number of carbonyl (C=O) groups excluding carboxylic acids is 3. The van der Waals surface area contributed by atoms with Gasteiger partial charge in [-0.05, 0) is 11.1 Å². The van der Waals surface area contributed by atoms with Crippen molar-refractivity contribution in [3.05, 3.63) is 71.8 Å². The van der Waals surface area contributed by atoms with Crippen LogP contribution in [0.1, 0.15) is 18.1 Å². The van der Waals surface area contributed by atoms with Gasteiger partial charge in [0.05, 0.1) is 0 Å². The standard InChI is InChI=1S/C19H19NO6/c1-14(21)26-17(18(22)24-12-15-8-4-2-5-9-15)20-19(23)25-13-16-10-6-3-7-11-16/h2-11,17H,12-13H2,1H3,(H,20,23). The molecule has 1 unspecified atom stereocenters. The van der Waals surface area contributed by atoms with Crippen molar-refractivity contribution in [2.24, 2.45) is 0 Å². The molecule has 1 N–H and O–H groups in total. The van der Waals surface area contributed by atoms with E-state index in [1.807, 2.05) is 12.1 Å². The number of amides is 1. The number of esters is 2. The van der Waals surface area contributed by atoms with Gasteiger partial charge < -0.3 is 14.2 Å². The molecule has 1 amide bonds. The van der Waals surface area contributed by atoms with Gasteiger partial charge in [0.2, 0.25) is 0 Å². The minimum absolute atomic E-state index is 0.0124. The molecule has 7 nitrogen and oxygen atoms in total. The van der Waals surface area contributed by atoms with Crippen LogP contribution in [0.4, 0.5) is 4.79 Å². The molecule has 0 aliphatic rings. The molecule has 0 saturated carbocycles. The Morgan fingerprint density at radius 3 is 1.85 bits per heavy atom. The van der Waals surface area contributed by atoms with Crippen LogP contribution in [0.5, 0.6) is 0 Å². The summed E-state index contributed by atoms with van der Waals surface area (Å²) in [5.74, 6) is -1.64. The third kappa shape index (κ3) is 6.64. The highest BCUT2D eigenvalue weighted by atomic mass is 16.6. The third-order valence-corrected chi connectivity index (χ3v) is 3.18.